The third-order valence-corrected chi connectivity index (χ3v) is 5.39. The van der Waals surface area contributed by atoms with Crippen molar-refractivity contribution < 1.29 is 13.2 Å². The Balaban J connectivity index is 2.69. The molecule has 0 bridgehead atoms. The Hall–Kier alpha value is -2.42. The van der Waals surface area contributed by atoms with Crippen molar-refractivity contribution in [2.45, 2.75) is 44.4 Å². The van der Waals surface area contributed by atoms with Crippen LogP contribution in [0.15, 0.2) is 29.7 Å². The van der Waals surface area contributed by atoms with E-state index in [1.54, 1.807) is 12.1 Å². The summed E-state index contributed by atoms with van der Waals surface area (Å²) in [5.41, 5.74) is 1.31. The number of nitrogens with zero attached hydrogens (tertiary/aromatic N) is 4. The van der Waals surface area contributed by atoms with E-state index in [0.29, 0.717) is 17.1 Å². The highest BCUT2D eigenvalue weighted by atomic mass is 32.2. The number of ether oxygens (including phenoxy) is 1. The second-order valence-corrected chi connectivity index (χ2v) is 8.61. The molecule has 0 fully saturated rings. The van der Waals surface area contributed by atoms with Gasteiger partial charge in [0.25, 0.3) is 0 Å². The minimum absolute atomic E-state index is 0.115. The van der Waals surface area contributed by atoms with Crippen molar-refractivity contribution in [3.63, 3.8) is 0 Å². The number of sulfone groups is 1. The monoisotopic (exact) mass is 407 g/mol. The standard InChI is InChI=1S/C19H29N5O3S/c1-5-8-10-24(11-9-6-2)16-13-15(19-20-22-23-21-19)14-17(28(4,25)26)18(16)27-12-7-3/h7,13-14H,3,5-6,8-12H2,1-2,4H3,(H,20,21,22,23). The first-order valence-corrected chi connectivity index (χ1v) is 11.4. The zero-order chi connectivity index (χ0) is 20.6. The number of anilines is 1. The van der Waals surface area contributed by atoms with Gasteiger partial charge in [-0.25, -0.2) is 8.42 Å². The third kappa shape index (κ3) is 5.54. The molecule has 28 heavy (non-hydrogen) atoms. The van der Waals surface area contributed by atoms with Crippen molar-refractivity contribution in [2.75, 3.05) is 30.9 Å². The molecule has 2 aromatic rings. The van der Waals surface area contributed by atoms with Crippen LogP contribution in [-0.4, -0.2) is 55.0 Å². The maximum Gasteiger partial charge on any atom is 0.204 e. The molecule has 1 N–H and O–H groups in total. The summed E-state index contributed by atoms with van der Waals surface area (Å²) in [6.07, 6.45) is 6.83. The maximum absolute atomic E-state index is 12.6. The Bertz CT molecular complexity index is 858. The zero-order valence-corrected chi connectivity index (χ0v) is 17.6. The fourth-order valence-electron chi connectivity index (χ4n) is 2.85. The number of tetrazole rings is 1. The average Bonchev–Trinajstić information content (AvgIpc) is 3.20. The van der Waals surface area contributed by atoms with Gasteiger partial charge in [0.2, 0.25) is 5.82 Å². The number of hydrogen-bond donors (Lipinski definition) is 1. The molecule has 9 heteroatoms. The van der Waals surface area contributed by atoms with E-state index >= 15 is 0 Å². The van der Waals surface area contributed by atoms with Gasteiger partial charge < -0.3 is 9.64 Å². The summed E-state index contributed by atoms with van der Waals surface area (Å²) in [7, 11) is -3.55. The lowest BCUT2D eigenvalue weighted by Crippen LogP contribution is -2.27. The van der Waals surface area contributed by atoms with Crippen LogP contribution >= 0.6 is 0 Å². The predicted molar refractivity (Wildman–Crippen MR) is 110 cm³/mol. The molecule has 2 rings (SSSR count). The highest BCUT2D eigenvalue weighted by molar-refractivity contribution is 7.90. The molecule has 0 aliphatic carbocycles. The van der Waals surface area contributed by atoms with Crippen LogP contribution in [0.4, 0.5) is 5.69 Å². The van der Waals surface area contributed by atoms with E-state index in [1.165, 1.54) is 6.26 Å². The molecule has 0 aliphatic heterocycles. The first-order valence-electron chi connectivity index (χ1n) is 9.52. The Morgan fingerprint density at radius 1 is 1.21 bits per heavy atom. The average molecular weight is 408 g/mol. The molecule has 0 saturated carbocycles. The Labute approximate surface area is 166 Å². The minimum atomic E-state index is -3.55. The lowest BCUT2D eigenvalue weighted by atomic mass is 10.1. The topological polar surface area (TPSA) is 101 Å². The van der Waals surface area contributed by atoms with Crippen LogP contribution in [0.3, 0.4) is 0 Å². The van der Waals surface area contributed by atoms with E-state index in [2.05, 4.69) is 46.0 Å². The Kier molecular flexibility index (Phi) is 7.98. The van der Waals surface area contributed by atoms with E-state index in [-0.39, 0.29) is 11.5 Å². The summed E-state index contributed by atoms with van der Waals surface area (Å²) in [6.45, 7) is 9.76. The zero-order valence-electron chi connectivity index (χ0n) is 16.8. The number of nitrogens with one attached hydrogen (secondary N) is 1. The quantitative estimate of drug-likeness (QED) is 0.539. The first kappa shape index (κ1) is 21.9. The van der Waals surface area contributed by atoms with Crippen LogP contribution < -0.4 is 9.64 Å². The maximum atomic E-state index is 12.6. The van der Waals surface area contributed by atoms with Gasteiger partial charge in [0.1, 0.15) is 11.5 Å². The summed E-state index contributed by atoms with van der Waals surface area (Å²) >= 11 is 0. The Morgan fingerprint density at radius 2 is 1.89 bits per heavy atom. The van der Waals surface area contributed by atoms with Crippen molar-refractivity contribution in [1.82, 2.24) is 20.6 Å². The van der Waals surface area contributed by atoms with Gasteiger partial charge in [-0.3, -0.25) is 0 Å². The van der Waals surface area contributed by atoms with Crippen LogP contribution in [0.25, 0.3) is 11.4 Å². The van der Waals surface area contributed by atoms with E-state index in [1.807, 2.05) is 6.07 Å². The van der Waals surface area contributed by atoms with Gasteiger partial charge in [-0.05, 0) is 30.2 Å². The van der Waals surface area contributed by atoms with Crippen molar-refractivity contribution in [1.29, 1.82) is 0 Å². The summed E-state index contributed by atoms with van der Waals surface area (Å²) in [6, 6.07) is 3.42. The second kappa shape index (κ2) is 10.2. The van der Waals surface area contributed by atoms with Gasteiger partial charge in [0.05, 0.1) is 5.69 Å². The van der Waals surface area contributed by atoms with Gasteiger partial charge in [-0.1, -0.05) is 39.3 Å². The largest absolute Gasteiger partial charge is 0.486 e. The summed E-state index contributed by atoms with van der Waals surface area (Å²) in [4.78, 5) is 2.30. The van der Waals surface area contributed by atoms with Crippen molar-refractivity contribution in [3.05, 3.63) is 24.8 Å². The highest BCUT2D eigenvalue weighted by Gasteiger charge is 2.24. The fourth-order valence-corrected chi connectivity index (χ4v) is 3.69. The molecular weight excluding hydrogens is 378 g/mol. The smallest absolute Gasteiger partial charge is 0.204 e. The number of aromatic nitrogens is 4. The molecule has 1 heterocycles. The second-order valence-electron chi connectivity index (χ2n) is 6.62. The highest BCUT2D eigenvalue weighted by Crippen LogP contribution is 2.39. The molecule has 0 atom stereocenters. The lowest BCUT2D eigenvalue weighted by molar-refractivity contribution is 0.353. The molecule has 0 amide bonds. The van der Waals surface area contributed by atoms with E-state index in [0.717, 1.165) is 44.5 Å². The first-order chi connectivity index (χ1) is 13.4. The van der Waals surface area contributed by atoms with Crippen LogP contribution in [0.1, 0.15) is 39.5 Å². The molecule has 1 aromatic heterocycles. The van der Waals surface area contributed by atoms with Crippen LogP contribution in [0.5, 0.6) is 5.75 Å². The molecule has 8 nitrogen and oxygen atoms in total. The van der Waals surface area contributed by atoms with Gasteiger partial charge in [-0.15, -0.1) is 10.2 Å². The number of benzene rings is 1. The Morgan fingerprint density at radius 3 is 2.39 bits per heavy atom. The molecule has 0 unspecified atom stereocenters. The molecule has 154 valence electrons. The lowest BCUT2D eigenvalue weighted by Gasteiger charge is -2.28. The molecule has 1 aromatic carbocycles. The molecule has 0 saturated heterocycles. The van der Waals surface area contributed by atoms with Crippen molar-refractivity contribution in [3.8, 4) is 17.1 Å². The normalized spacial score (nSPS) is 11.4. The number of unbranched alkanes of at least 4 members (excludes halogenated alkanes) is 2. The number of aromatic amines is 1. The molecular formula is C19H29N5O3S. The SMILES string of the molecule is C=CCOc1c(N(CCCC)CCCC)cc(-c2nn[nH]n2)cc1S(C)(=O)=O. The van der Waals surface area contributed by atoms with Gasteiger partial charge in [0, 0.05) is 24.9 Å². The molecule has 0 spiro atoms. The summed E-state index contributed by atoms with van der Waals surface area (Å²) < 4.78 is 31.0. The van der Waals surface area contributed by atoms with Crippen molar-refractivity contribution >= 4 is 15.5 Å². The van der Waals surface area contributed by atoms with Gasteiger partial charge >= 0.3 is 0 Å². The fraction of sp³-hybridized carbons (Fsp3) is 0.526. The minimum Gasteiger partial charge on any atom is -0.486 e. The predicted octanol–water partition coefficient (Wildman–Crippen LogP) is 3.24. The van der Waals surface area contributed by atoms with E-state index in [9.17, 15) is 8.42 Å². The summed E-state index contributed by atoms with van der Waals surface area (Å²) in [5, 5.41) is 14.0. The van der Waals surface area contributed by atoms with Gasteiger partial charge in [-0.2, -0.15) is 5.21 Å². The van der Waals surface area contributed by atoms with Crippen molar-refractivity contribution in [2.24, 2.45) is 0 Å². The summed E-state index contributed by atoms with van der Waals surface area (Å²) in [5.74, 6) is 0.689. The molecule has 0 radical (unpaired) electrons. The number of H-pyrrole nitrogens is 1. The van der Waals surface area contributed by atoms with Crippen LogP contribution in [-0.2, 0) is 9.84 Å². The number of rotatable bonds is 12. The number of hydrogen-bond acceptors (Lipinski definition) is 7. The van der Waals surface area contributed by atoms with Crippen LogP contribution in [0, 0.1) is 0 Å². The van der Waals surface area contributed by atoms with E-state index in [4.69, 9.17) is 4.74 Å². The van der Waals surface area contributed by atoms with Gasteiger partial charge in [0.15, 0.2) is 15.6 Å². The van der Waals surface area contributed by atoms with E-state index < -0.39 is 9.84 Å². The molecule has 0 aliphatic rings. The third-order valence-electron chi connectivity index (χ3n) is 4.29. The van der Waals surface area contributed by atoms with Crippen LogP contribution in [0.2, 0.25) is 0 Å².